The van der Waals surface area contributed by atoms with E-state index in [-0.39, 0.29) is 18.3 Å². The molecule has 10 nitrogen and oxygen atoms in total. The number of benzene rings is 2. The lowest BCUT2D eigenvalue weighted by Crippen LogP contribution is -2.42. The largest absolute Gasteiger partial charge is 0.494 e. The van der Waals surface area contributed by atoms with Crippen molar-refractivity contribution in [2.45, 2.75) is 13.0 Å². The van der Waals surface area contributed by atoms with Gasteiger partial charge in [-0.3, -0.25) is 14.9 Å². The molecular formula is C24H23N5O5. The standard InChI is InChI=1S/C24H23N5O5/c1-12(22(25)31)26-11-20(30)27-15-5-8-17-13(9-15)4-7-18(28-17)21-16-6-3-14(24(33)34-2)10-19(16)29-23(21)32/h3-10,12,26,29,32H,11H2,1-2H3,(H2,25,31)(H,27,30)/t12-/m0/s1. The Labute approximate surface area is 194 Å². The molecule has 0 aliphatic carbocycles. The van der Waals surface area contributed by atoms with E-state index in [0.29, 0.717) is 38.9 Å². The summed E-state index contributed by atoms with van der Waals surface area (Å²) in [6.07, 6.45) is 0. The number of aromatic amines is 1. The van der Waals surface area contributed by atoms with E-state index < -0.39 is 17.9 Å². The first kappa shape index (κ1) is 22.7. The number of carbonyl (C=O) groups excluding carboxylic acids is 3. The van der Waals surface area contributed by atoms with Crippen LogP contribution in [0.3, 0.4) is 0 Å². The minimum atomic E-state index is -0.613. The number of rotatable bonds is 7. The molecule has 0 fully saturated rings. The van der Waals surface area contributed by atoms with Crippen molar-refractivity contribution in [2.75, 3.05) is 19.0 Å². The maximum absolute atomic E-state index is 12.1. The zero-order chi connectivity index (χ0) is 24.4. The number of nitrogens with zero attached hydrogens (tertiary/aromatic N) is 1. The number of methoxy groups -OCH3 is 1. The van der Waals surface area contributed by atoms with E-state index in [9.17, 15) is 19.5 Å². The number of esters is 1. The van der Waals surface area contributed by atoms with Crippen molar-refractivity contribution in [1.82, 2.24) is 15.3 Å². The summed E-state index contributed by atoms with van der Waals surface area (Å²) in [5, 5.41) is 17.5. The Balaban J connectivity index is 1.58. The number of carbonyl (C=O) groups is 3. The summed E-state index contributed by atoms with van der Waals surface area (Å²) >= 11 is 0. The first-order chi connectivity index (χ1) is 16.3. The lowest BCUT2D eigenvalue weighted by Gasteiger charge is -2.11. The molecule has 174 valence electrons. The number of nitrogens with two attached hydrogens (primary N) is 1. The summed E-state index contributed by atoms with van der Waals surface area (Å²) in [6, 6.07) is 13.2. The molecule has 0 radical (unpaired) electrons. The van der Waals surface area contributed by atoms with Gasteiger partial charge in [0.1, 0.15) is 0 Å². The van der Waals surface area contributed by atoms with Crippen molar-refractivity contribution in [1.29, 1.82) is 0 Å². The lowest BCUT2D eigenvalue weighted by atomic mass is 10.1. The number of primary amides is 1. The van der Waals surface area contributed by atoms with Gasteiger partial charge in [0.2, 0.25) is 11.8 Å². The maximum Gasteiger partial charge on any atom is 0.337 e. The quantitative estimate of drug-likeness (QED) is 0.264. The van der Waals surface area contributed by atoms with Crippen LogP contribution in [0.25, 0.3) is 33.1 Å². The third-order valence-corrected chi connectivity index (χ3v) is 5.42. The van der Waals surface area contributed by atoms with Crippen LogP contribution in [0.1, 0.15) is 17.3 Å². The third kappa shape index (κ3) is 4.52. The molecular weight excluding hydrogens is 438 g/mol. The molecule has 2 amide bonds. The predicted octanol–water partition coefficient (Wildman–Crippen LogP) is 2.28. The molecule has 0 saturated heterocycles. The molecule has 0 saturated carbocycles. The molecule has 1 atom stereocenters. The van der Waals surface area contributed by atoms with Crippen LogP contribution in [-0.4, -0.2) is 52.6 Å². The zero-order valence-electron chi connectivity index (χ0n) is 18.5. The van der Waals surface area contributed by atoms with Crippen molar-refractivity contribution < 1.29 is 24.2 Å². The monoisotopic (exact) mass is 461 g/mol. The number of hydrogen-bond acceptors (Lipinski definition) is 7. The van der Waals surface area contributed by atoms with E-state index in [1.807, 2.05) is 6.07 Å². The second kappa shape index (κ2) is 9.20. The fourth-order valence-corrected chi connectivity index (χ4v) is 3.58. The minimum absolute atomic E-state index is 0.0587. The molecule has 0 bridgehead atoms. The SMILES string of the molecule is COC(=O)c1ccc2c(-c3ccc4cc(NC(=O)CN[C@@H](C)C(N)=O)ccc4n3)c(O)[nH]c2c1. The summed E-state index contributed by atoms with van der Waals surface area (Å²) in [5.74, 6) is -1.38. The highest BCUT2D eigenvalue weighted by molar-refractivity contribution is 6.03. The van der Waals surface area contributed by atoms with Gasteiger partial charge in [-0.05, 0) is 43.3 Å². The summed E-state index contributed by atoms with van der Waals surface area (Å²) in [5.41, 5.74) is 8.41. The van der Waals surface area contributed by atoms with Gasteiger partial charge in [-0.2, -0.15) is 0 Å². The van der Waals surface area contributed by atoms with Crippen LogP contribution >= 0.6 is 0 Å². The van der Waals surface area contributed by atoms with Crippen LogP contribution in [0.5, 0.6) is 5.88 Å². The average molecular weight is 461 g/mol. The number of pyridine rings is 1. The molecule has 6 N–H and O–H groups in total. The highest BCUT2D eigenvalue weighted by Crippen LogP contribution is 2.37. The van der Waals surface area contributed by atoms with Crippen molar-refractivity contribution in [3.05, 3.63) is 54.1 Å². The van der Waals surface area contributed by atoms with Crippen LogP contribution in [0.2, 0.25) is 0 Å². The van der Waals surface area contributed by atoms with Gasteiger partial charge in [0.25, 0.3) is 0 Å². The van der Waals surface area contributed by atoms with Crippen LogP contribution in [0.15, 0.2) is 48.5 Å². The molecule has 0 aliphatic rings. The Morgan fingerprint density at radius 2 is 1.94 bits per heavy atom. The van der Waals surface area contributed by atoms with Gasteiger partial charge < -0.3 is 25.9 Å². The molecule has 0 spiro atoms. The Kier molecular flexibility index (Phi) is 6.15. The minimum Gasteiger partial charge on any atom is -0.494 e. The number of hydrogen-bond donors (Lipinski definition) is 5. The van der Waals surface area contributed by atoms with Crippen LogP contribution in [0.4, 0.5) is 5.69 Å². The summed E-state index contributed by atoms with van der Waals surface area (Å²) in [6.45, 7) is 1.52. The fourth-order valence-electron chi connectivity index (χ4n) is 3.58. The van der Waals surface area contributed by atoms with Gasteiger partial charge in [0.15, 0.2) is 5.88 Å². The number of H-pyrrole nitrogens is 1. The number of anilines is 1. The molecule has 10 heteroatoms. The van der Waals surface area contributed by atoms with Crippen LogP contribution in [-0.2, 0) is 14.3 Å². The highest BCUT2D eigenvalue weighted by atomic mass is 16.5. The molecule has 4 aromatic rings. The van der Waals surface area contributed by atoms with Gasteiger partial charge in [-0.15, -0.1) is 0 Å². The number of nitrogens with one attached hydrogen (secondary N) is 3. The smallest absolute Gasteiger partial charge is 0.337 e. The zero-order valence-corrected chi connectivity index (χ0v) is 18.5. The van der Waals surface area contributed by atoms with E-state index in [1.165, 1.54) is 7.11 Å². The van der Waals surface area contributed by atoms with E-state index >= 15 is 0 Å². The second-order valence-corrected chi connectivity index (χ2v) is 7.76. The Hall–Kier alpha value is -4.44. The van der Waals surface area contributed by atoms with E-state index in [2.05, 4.69) is 20.6 Å². The normalized spacial score (nSPS) is 11.9. The molecule has 2 aromatic heterocycles. The van der Waals surface area contributed by atoms with Crippen molar-refractivity contribution in [2.24, 2.45) is 5.73 Å². The number of aromatic hydroxyl groups is 1. The number of aromatic nitrogens is 2. The van der Waals surface area contributed by atoms with Gasteiger partial charge in [0.05, 0.1) is 42.0 Å². The molecule has 0 unspecified atom stereocenters. The second-order valence-electron chi connectivity index (χ2n) is 7.76. The fraction of sp³-hybridized carbons (Fsp3) is 0.167. The van der Waals surface area contributed by atoms with Gasteiger partial charge in [-0.25, -0.2) is 9.78 Å². The van der Waals surface area contributed by atoms with Gasteiger partial charge in [-0.1, -0.05) is 12.1 Å². The average Bonchev–Trinajstić information content (AvgIpc) is 3.16. The number of ether oxygens (including phenoxy) is 1. The predicted molar refractivity (Wildman–Crippen MR) is 127 cm³/mol. The van der Waals surface area contributed by atoms with Crippen molar-refractivity contribution in [3.8, 4) is 17.1 Å². The van der Waals surface area contributed by atoms with E-state index in [0.717, 1.165) is 5.39 Å². The molecule has 2 aromatic carbocycles. The summed E-state index contributed by atoms with van der Waals surface area (Å²) < 4.78 is 4.75. The lowest BCUT2D eigenvalue weighted by molar-refractivity contribution is -0.120. The summed E-state index contributed by atoms with van der Waals surface area (Å²) in [7, 11) is 1.31. The topological polar surface area (TPSA) is 159 Å². The molecule has 34 heavy (non-hydrogen) atoms. The number of fused-ring (bicyclic) bond motifs is 2. The first-order valence-corrected chi connectivity index (χ1v) is 10.4. The molecule has 0 aliphatic heterocycles. The first-order valence-electron chi connectivity index (χ1n) is 10.4. The van der Waals surface area contributed by atoms with E-state index in [1.54, 1.807) is 49.4 Å². The van der Waals surface area contributed by atoms with E-state index in [4.69, 9.17) is 10.5 Å². The van der Waals surface area contributed by atoms with Gasteiger partial charge in [0, 0.05) is 22.0 Å². The summed E-state index contributed by atoms with van der Waals surface area (Å²) in [4.78, 5) is 42.5. The highest BCUT2D eigenvalue weighted by Gasteiger charge is 2.17. The molecule has 2 heterocycles. The maximum atomic E-state index is 12.1. The Morgan fingerprint density at radius 1 is 1.15 bits per heavy atom. The van der Waals surface area contributed by atoms with Crippen molar-refractivity contribution >= 4 is 45.3 Å². The Bertz CT molecular complexity index is 1430. The van der Waals surface area contributed by atoms with Crippen molar-refractivity contribution in [3.63, 3.8) is 0 Å². The molecule has 4 rings (SSSR count). The Morgan fingerprint density at radius 3 is 2.68 bits per heavy atom. The number of amides is 2. The van der Waals surface area contributed by atoms with Gasteiger partial charge >= 0.3 is 5.97 Å². The van der Waals surface area contributed by atoms with Crippen LogP contribution in [0, 0.1) is 0 Å². The third-order valence-electron chi connectivity index (χ3n) is 5.42. The van der Waals surface area contributed by atoms with Crippen LogP contribution < -0.4 is 16.4 Å².